The van der Waals surface area contributed by atoms with Crippen LogP contribution >= 0.6 is 0 Å². The molecule has 0 aliphatic rings. The summed E-state index contributed by atoms with van der Waals surface area (Å²) in [7, 11) is 3.59. The number of amides is 1. The number of hydrogen-bond donors (Lipinski definition) is 1. The van der Waals surface area contributed by atoms with E-state index in [-0.39, 0.29) is 23.6 Å². The Labute approximate surface area is 219 Å². The normalized spacial score (nSPS) is 12.9. The first-order valence-corrected chi connectivity index (χ1v) is 12.0. The Morgan fingerprint density at radius 3 is 2.53 bits per heavy atom. The van der Waals surface area contributed by atoms with Crippen LogP contribution in [0.5, 0.6) is 0 Å². The lowest BCUT2D eigenvalue weighted by molar-refractivity contribution is 0.0785. The highest BCUT2D eigenvalue weighted by atomic mass is 16.4. The van der Waals surface area contributed by atoms with E-state index in [1.165, 1.54) is 12.5 Å². The molecule has 0 aliphatic heterocycles. The predicted molar refractivity (Wildman–Crippen MR) is 138 cm³/mol. The smallest absolute Gasteiger partial charge is 0.266 e. The quantitative estimate of drug-likeness (QED) is 0.330. The third kappa shape index (κ3) is 5.09. The molecular formula is C27H28N8O3. The van der Waals surface area contributed by atoms with Crippen LogP contribution in [0.2, 0.25) is 0 Å². The lowest BCUT2D eigenvalue weighted by Crippen LogP contribution is -2.35. The molecular weight excluding hydrogens is 484 g/mol. The fourth-order valence-electron chi connectivity index (χ4n) is 4.12. The van der Waals surface area contributed by atoms with Crippen molar-refractivity contribution < 1.29 is 13.6 Å². The number of aromatic nitrogens is 6. The monoisotopic (exact) mass is 512 g/mol. The average molecular weight is 513 g/mol. The lowest BCUT2D eigenvalue weighted by atomic mass is 9.94. The van der Waals surface area contributed by atoms with Gasteiger partial charge in [-0.1, -0.05) is 30.3 Å². The molecule has 0 unspecified atom stereocenters. The van der Waals surface area contributed by atoms with E-state index in [1.807, 2.05) is 51.2 Å². The van der Waals surface area contributed by atoms with Gasteiger partial charge in [0.15, 0.2) is 0 Å². The Hall–Kier alpha value is -4.64. The Balaban J connectivity index is 1.47. The minimum Gasteiger partial charge on any atom is -0.443 e. The molecule has 0 aliphatic carbocycles. The summed E-state index contributed by atoms with van der Waals surface area (Å²) in [6.07, 6.45) is 5.21. The average Bonchev–Trinajstić information content (AvgIpc) is 3.68. The van der Waals surface area contributed by atoms with Crippen molar-refractivity contribution in [2.24, 2.45) is 12.8 Å². The van der Waals surface area contributed by atoms with Gasteiger partial charge in [0.1, 0.15) is 17.7 Å². The summed E-state index contributed by atoms with van der Waals surface area (Å²) in [6, 6.07) is 13.1. The van der Waals surface area contributed by atoms with Gasteiger partial charge in [-0.15, -0.1) is 10.2 Å². The number of carbonyl (C=O) groups is 1. The zero-order valence-corrected chi connectivity index (χ0v) is 21.6. The largest absolute Gasteiger partial charge is 0.443 e. The molecule has 11 heteroatoms. The molecule has 38 heavy (non-hydrogen) atoms. The molecule has 4 heterocycles. The van der Waals surface area contributed by atoms with Crippen LogP contribution in [0.25, 0.3) is 23.2 Å². The van der Waals surface area contributed by atoms with Gasteiger partial charge >= 0.3 is 0 Å². The van der Waals surface area contributed by atoms with Crippen LogP contribution in [0.4, 0.5) is 0 Å². The Kier molecular flexibility index (Phi) is 6.60. The molecule has 5 aromatic rings. The molecule has 0 bridgehead atoms. The number of hydrogen-bond acceptors (Lipinski definition) is 9. The number of rotatable bonds is 8. The van der Waals surface area contributed by atoms with Crippen molar-refractivity contribution in [3.05, 3.63) is 89.4 Å². The highest BCUT2D eigenvalue weighted by molar-refractivity contribution is 5.95. The maximum absolute atomic E-state index is 13.5. The van der Waals surface area contributed by atoms with Crippen LogP contribution in [0, 0.1) is 6.92 Å². The van der Waals surface area contributed by atoms with Gasteiger partial charge in [0, 0.05) is 37.5 Å². The molecule has 4 aromatic heterocycles. The molecule has 0 saturated carbocycles. The molecule has 0 spiro atoms. The number of nitrogens with two attached hydrogens (primary N) is 1. The number of oxazole rings is 1. The second-order valence-electron chi connectivity index (χ2n) is 9.50. The highest BCUT2D eigenvalue weighted by Crippen LogP contribution is 2.28. The van der Waals surface area contributed by atoms with E-state index >= 15 is 0 Å². The second kappa shape index (κ2) is 10.0. The van der Waals surface area contributed by atoms with E-state index in [1.54, 1.807) is 35.0 Å². The fourth-order valence-corrected chi connectivity index (χ4v) is 4.12. The standard InChI is InChI=1S/C27H28N8O3/c1-17-20(15-30-35(17)4)16-34(3)25(36)19-12-21(23-29-10-11-37-23)31-22(13-19)24-32-33-26(38-24)27(2,28)14-18-8-6-5-7-9-18/h5-13,15H,14,16,28H2,1-4H3/t27-/m1/s1. The number of carbonyl (C=O) groups excluding carboxylic acids is 1. The third-order valence-corrected chi connectivity index (χ3v) is 6.36. The van der Waals surface area contributed by atoms with Crippen LogP contribution in [0.1, 0.15) is 40.0 Å². The van der Waals surface area contributed by atoms with E-state index < -0.39 is 5.54 Å². The summed E-state index contributed by atoms with van der Waals surface area (Å²) < 4.78 is 13.2. The minimum absolute atomic E-state index is 0.137. The predicted octanol–water partition coefficient (Wildman–Crippen LogP) is 3.52. The Morgan fingerprint density at radius 2 is 1.87 bits per heavy atom. The van der Waals surface area contributed by atoms with Crippen molar-refractivity contribution in [3.63, 3.8) is 0 Å². The van der Waals surface area contributed by atoms with Crippen LogP contribution in [0.3, 0.4) is 0 Å². The molecule has 11 nitrogen and oxygen atoms in total. The number of aryl methyl sites for hydroxylation is 1. The van der Waals surface area contributed by atoms with E-state index in [9.17, 15) is 4.79 Å². The van der Waals surface area contributed by atoms with Crippen LogP contribution in [0.15, 0.2) is 70.0 Å². The first-order valence-electron chi connectivity index (χ1n) is 12.0. The number of pyridine rings is 1. The highest BCUT2D eigenvalue weighted by Gasteiger charge is 2.29. The molecule has 0 radical (unpaired) electrons. The summed E-state index contributed by atoms with van der Waals surface area (Å²) in [6.45, 7) is 4.18. The van der Waals surface area contributed by atoms with Crippen molar-refractivity contribution in [3.8, 4) is 23.2 Å². The molecule has 2 N–H and O–H groups in total. The van der Waals surface area contributed by atoms with E-state index in [2.05, 4.69) is 25.3 Å². The molecule has 5 rings (SSSR count). The second-order valence-corrected chi connectivity index (χ2v) is 9.50. The van der Waals surface area contributed by atoms with Gasteiger partial charge < -0.3 is 19.5 Å². The van der Waals surface area contributed by atoms with Gasteiger partial charge in [0.2, 0.25) is 11.8 Å². The molecule has 0 saturated heterocycles. The zero-order chi connectivity index (χ0) is 26.9. The Morgan fingerprint density at radius 1 is 1.13 bits per heavy atom. The van der Waals surface area contributed by atoms with Crippen LogP contribution in [-0.2, 0) is 25.6 Å². The van der Waals surface area contributed by atoms with E-state index in [4.69, 9.17) is 14.6 Å². The van der Waals surface area contributed by atoms with Gasteiger partial charge in [-0.3, -0.25) is 9.48 Å². The minimum atomic E-state index is -0.909. The van der Waals surface area contributed by atoms with E-state index in [0.29, 0.717) is 29.9 Å². The van der Waals surface area contributed by atoms with Crippen molar-refractivity contribution in [2.45, 2.75) is 32.4 Å². The van der Waals surface area contributed by atoms with Crippen LogP contribution in [-0.4, -0.2) is 47.8 Å². The van der Waals surface area contributed by atoms with Crippen molar-refractivity contribution >= 4 is 5.91 Å². The maximum atomic E-state index is 13.5. The lowest BCUT2D eigenvalue weighted by Gasteiger charge is -2.20. The summed E-state index contributed by atoms with van der Waals surface area (Å²) >= 11 is 0. The van der Waals surface area contributed by atoms with Crippen molar-refractivity contribution in [1.82, 2.24) is 34.8 Å². The fraction of sp³-hybridized carbons (Fsp3) is 0.259. The maximum Gasteiger partial charge on any atom is 0.266 e. The molecule has 1 atom stereocenters. The molecule has 0 fully saturated rings. The van der Waals surface area contributed by atoms with Crippen molar-refractivity contribution in [2.75, 3.05) is 7.05 Å². The number of nitrogens with zero attached hydrogens (tertiary/aromatic N) is 7. The van der Waals surface area contributed by atoms with Gasteiger partial charge in [-0.05, 0) is 38.0 Å². The molecule has 194 valence electrons. The first kappa shape index (κ1) is 25.0. The molecule has 1 amide bonds. The number of benzene rings is 1. The van der Waals surface area contributed by atoms with Crippen LogP contribution < -0.4 is 5.73 Å². The van der Waals surface area contributed by atoms with Gasteiger partial charge in [0.05, 0.1) is 17.9 Å². The summed E-state index contributed by atoms with van der Waals surface area (Å²) in [4.78, 5) is 23.9. The van der Waals surface area contributed by atoms with Crippen molar-refractivity contribution in [1.29, 1.82) is 0 Å². The SMILES string of the molecule is Cc1c(CN(C)C(=O)c2cc(-c3ncco3)nc(-c3nnc([C@](C)(N)Cc4ccccc4)o3)c2)cnn1C. The topological polar surface area (TPSA) is 142 Å². The molecule has 1 aromatic carbocycles. The first-order chi connectivity index (χ1) is 18.2. The summed E-state index contributed by atoms with van der Waals surface area (Å²) in [5.74, 6) is 0.436. The van der Waals surface area contributed by atoms with Gasteiger partial charge in [0.25, 0.3) is 11.8 Å². The van der Waals surface area contributed by atoms with Gasteiger partial charge in [-0.25, -0.2) is 9.97 Å². The zero-order valence-electron chi connectivity index (χ0n) is 21.6. The Bertz CT molecular complexity index is 1550. The van der Waals surface area contributed by atoms with E-state index in [0.717, 1.165) is 16.8 Å². The van der Waals surface area contributed by atoms with Gasteiger partial charge in [-0.2, -0.15) is 5.10 Å². The summed E-state index contributed by atoms with van der Waals surface area (Å²) in [5.41, 5.74) is 9.67. The third-order valence-electron chi connectivity index (χ3n) is 6.36. The summed E-state index contributed by atoms with van der Waals surface area (Å²) in [5, 5.41) is 12.7.